The fourth-order valence-electron chi connectivity index (χ4n) is 1.77. The third-order valence-corrected chi connectivity index (χ3v) is 3.90. The maximum Gasteiger partial charge on any atom is 0.260 e. The summed E-state index contributed by atoms with van der Waals surface area (Å²) in [6.45, 7) is 0.823. The molecule has 2 aromatic rings. The molecule has 0 aliphatic heterocycles. The van der Waals surface area contributed by atoms with Gasteiger partial charge in [0.05, 0.1) is 11.8 Å². The molecule has 3 rings (SSSR count). The van der Waals surface area contributed by atoms with Crippen LogP contribution in [0.4, 0.5) is 0 Å². The van der Waals surface area contributed by atoms with Crippen LogP contribution in [0.15, 0.2) is 45.2 Å². The molecule has 0 saturated heterocycles. The van der Waals surface area contributed by atoms with Crippen LogP contribution in [0.3, 0.4) is 0 Å². The van der Waals surface area contributed by atoms with E-state index >= 15 is 0 Å². The predicted molar refractivity (Wildman–Crippen MR) is 71.6 cm³/mol. The predicted octanol–water partition coefficient (Wildman–Crippen LogP) is 2.95. The van der Waals surface area contributed by atoms with Gasteiger partial charge in [-0.15, -0.1) is 0 Å². The van der Waals surface area contributed by atoms with Crippen LogP contribution in [-0.4, -0.2) is 11.0 Å². The summed E-state index contributed by atoms with van der Waals surface area (Å²) < 4.78 is 5.18. The van der Waals surface area contributed by atoms with E-state index in [1.54, 1.807) is 6.20 Å². The smallest absolute Gasteiger partial charge is 0.260 e. The molecule has 96 valence electrons. The van der Waals surface area contributed by atoms with Crippen LogP contribution < -0.4 is 5.32 Å². The van der Waals surface area contributed by atoms with Gasteiger partial charge in [-0.3, -0.25) is 0 Å². The van der Waals surface area contributed by atoms with Crippen LogP contribution >= 0.6 is 11.8 Å². The molecule has 0 atom stereocenters. The summed E-state index contributed by atoms with van der Waals surface area (Å²) >= 11 is 1.37. The van der Waals surface area contributed by atoms with Gasteiger partial charge in [0.1, 0.15) is 12.3 Å². The molecule has 5 heteroatoms. The molecule has 0 amide bonds. The lowest BCUT2D eigenvalue weighted by Crippen LogP contribution is -2.15. The SMILES string of the molecule is N#Cc1cc(CNC2CC2)ccc1Sc1ncco1. The molecule has 1 aliphatic rings. The first-order valence-corrected chi connectivity index (χ1v) is 7.00. The molecule has 1 N–H and O–H groups in total. The molecular weight excluding hydrogens is 258 g/mol. The summed E-state index contributed by atoms with van der Waals surface area (Å²) in [5.41, 5.74) is 1.80. The van der Waals surface area contributed by atoms with Crippen molar-refractivity contribution < 1.29 is 4.42 Å². The second-order valence-electron chi connectivity index (χ2n) is 4.50. The lowest BCUT2D eigenvalue weighted by Gasteiger charge is -2.06. The average molecular weight is 271 g/mol. The molecule has 1 saturated carbocycles. The molecule has 1 heterocycles. The van der Waals surface area contributed by atoms with Crippen molar-refractivity contribution in [1.82, 2.24) is 10.3 Å². The standard InChI is InChI=1S/C14H13N3OS/c15-8-11-7-10(9-17-12-2-3-12)1-4-13(11)19-14-16-5-6-18-14/h1,4-7,12,17H,2-3,9H2. The first-order chi connectivity index (χ1) is 9.35. The fraction of sp³-hybridized carbons (Fsp3) is 0.286. The number of hydrogen-bond acceptors (Lipinski definition) is 5. The van der Waals surface area contributed by atoms with Crippen LogP contribution in [0.25, 0.3) is 0 Å². The summed E-state index contributed by atoms with van der Waals surface area (Å²) in [5.74, 6) is 0. The van der Waals surface area contributed by atoms with Gasteiger partial charge in [0, 0.05) is 17.5 Å². The Hall–Kier alpha value is -1.77. The topological polar surface area (TPSA) is 61.9 Å². The monoisotopic (exact) mass is 271 g/mol. The van der Waals surface area contributed by atoms with Crippen molar-refractivity contribution in [2.45, 2.75) is 35.5 Å². The minimum absolute atomic E-state index is 0.556. The van der Waals surface area contributed by atoms with Crippen molar-refractivity contribution in [1.29, 1.82) is 5.26 Å². The normalized spacial score (nSPS) is 14.3. The van der Waals surface area contributed by atoms with Crippen LogP contribution in [0.2, 0.25) is 0 Å². The number of nitrogens with zero attached hydrogens (tertiary/aromatic N) is 2. The number of aromatic nitrogens is 1. The molecular formula is C14H13N3OS. The van der Waals surface area contributed by atoms with Gasteiger partial charge in [-0.25, -0.2) is 4.98 Å². The number of benzene rings is 1. The summed E-state index contributed by atoms with van der Waals surface area (Å²) in [7, 11) is 0. The largest absolute Gasteiger partial charge is 0.440 e. The molecule has 1 fully saturated rings. The second-order valence-corrected chi connectivity index (χ2v) is 5.49. The van der Waals surface area contributed by atoms with E-state index in [-0.39, 0.29) is 0 Å². The van der Waals surface area contributed by atoms with Crippen molar-refractivity contribution in [3.05, 3.63) is 41.8 Å². The highest BCUT2D eigenvalue weighted by Crippen LogP contribution is 2.29. The van der Waals surface area contributed by atoms with Crippen LogP contribution in [0.5, 0.6) is 0 Å². The average Bonchev–Trinajstić information content (AvgIpc) is 3.13. The highest BCUT2D eigenvalue weighted by Gasteiger charge is 2.20. The van der Waals surface area contributed by atoms with Crippen LogP contribution in [0.1, 0.15) is 24.0 Å². The number of nitrogens with one attached hydrogen (secondary N) is 1. The number of hydrogen-bond donors (Lipinski definition) is 1. The van der Waals surface area contributed by atoms with Crippen molar-refractivity contribution in [3.63, 3.8) is 0 Å². The van der Waals surface area contributed by atoms with E-state index in [0.717, 1.165) is 17.0 Å². The van der Waals surface area contributed by atoms with Gasteiger partial charge in [-0.05, 0) is 42.3 Å². The van der Waals surface area contributed by atoms with E-state index in [1.807, 2.05) is 18.2 Å². The van der Waals surface area contributed by atoms with Gasteiger partial charge >= 0.3 is 0 Å². The molecule has 1 aromatic heterocycles. The molecule has 1 aromatic carbocycles. The van der Waals surface area contributed by atoms with Crippen molar-refractivity contribution in [2.75, 3.05) is 0 Å². The lowest BCUT2D eigenvalue weighted by molar-refractivity contribution is 0.454. The third kappa shape index (κ3) is 3.16. The quantitative estimate of drug-likeness (QED) is 0.906. The molecule has 1 aliphatic carbocycles. The van der Waals surface area contributed by atoms with Crippen molar-refractivity contribution in [3.8, 4) is 6.07 Å². The number of nitriles is 1. The molecule has 19 heavy (non-hydrogen) atoms. The number of oxazole rings is 1. The molecule has 0 bridgehead atoms. The van der Waals surface area contributed by atoms with Crippen LogP contribution in [0, 0.1) is 11.3 Å². The van der Waals surface area contributed by atoms with Gasteiger partial charge < -0.3 is 9.73 Å². The third-order valence-electron chi connectivity index (χ3n) is 2.94. The maximum absolute atomic E-state index is 9.23. The minimum Gasteiger partial charge on any atom is -0.440 e. The van der Waals surface area contributed by atoms with Gasteiger partial charge in [0.25, 0.3) is 5.22 Å². The molecule has 0 unspecified atom stereocenters. The number of rotatable bonds is 5. The van der Waals surface area contributed by atoms with Crippen LogP contribution in [-0.2, 0) is 6.54 Å². The Bertz CT molecular complexity index is 600. The highest BCUT2D eigenvalue weighted by atomic mass is 32.2. The van der Waals surface area contributed by atoms with Crippen molar-refractivity contribution >= 4 is 11.8 Å². The van der Waals surface area contributed by atoms with E-state index in [9.17, 15) is 5.26 Å². The lowest BCUT2D eigenvalue weighted by atomic mass is 10.1. The Balaban J connectivity index is 1.74. The zero-order valence-electron chi connectivity index (χ0n) is 10.3. The first kappa shape index (κ1) is 12.3. The summed E-state index contributed by atoms with van der Waals surface area (Å²) in [4.78, 5) is 4.93. The summed E-state index contributed by atoms with van der Waals surface area (Å²) in [6, 6.07) is 8.84. The van der Waals surface area contributed by atoms with Gasteiger partial charge in [0.2, 0.25) is 0 Å². The fourth-order valence-corrected chi connectivity index (χ4v) is 2.52. The Labute approximate surface area is 115 Å². The Morgan fingerprint density at radius 1 is 1.47 bits per heavy atom. The second kappa shape index (κ2) is 5.47. The minimum atomic E-state index is 0.556. The highest BCUT2D eigenvalue weighted by molar-refractivity contribution is 7.99. The zero-order valence-corrected chi connectivity index (χ0v) is 11.1. The van der Waals surface area contributed by atoms with Crippen molar-refractivity contribution in [2.24, 2.45) is 0 Å². The maximum atomic E-state index is 9.23. The van der Waals surface area contributed by atoms with E-state index in [2.05, 4.69) is 16.4 Å². The Morgan fingerprint density at radius 3 is 3.05 bits per heavy atom. The Morgan fingerprint density at radius 2 is 2.37 bits per heavy atom. The van der Waals surface area contributed by atoms with E-state index in [4.69, 9.17) is 4.42 Å². The first-order valence-electron chi connectivity index (χ1n) is 6.19. The summed E-state index contributed by atoms with van der Waals surface area (Å²) in [6.07, 6.45) is 5.66. The van der Waals surface area contributed by atoms with Gasteiger partial charge in [-0.2, -0.15) is 5.26 Å². The van der Waals surface area contributed by atoms with E-state index in [0.29, 0.717) is 16.8 Å². The van der Waals surface area contributed by atoms with Gasteiger partial charge in [-0.1, -0.05) is 6.07 Å². The van der Waals surface area contributed by atoms with E-state index < -0.39 is 0 Å². The molecule has 0 spiro atoms. The molecule has 4 nitrogen and oxygen atoms in total. The zero-order chi connectivity index (χ0) is 13.1. The Kier molecular flexibility index (Phi) is 3.53. The molecule has 0 radical (unpaired) electrons. The summed E-state index contributed by atoms with van der Waals surface area (Å²) in [5, 5.41) is 13.2. The van der Waals surface area contributed by atoms with Gasteiger partial charge in [0.15, 0.2) is 0 Å². The van der Waals surface area contributed by atoms with E-state index in [1.165, 1.54) is 30.9 Å².